The summed E-state index contributed by atoms with van der Waals surface area (Å²) >= 11 is 0. The molecule has 20 heavy (non-hydrogen) atoms. The maximum Gasteiger partial charge on any atom is 0.231 e. The summed E-state index contributed by atoms with van der Waals surface area (Å²) in [5.41, 5.74) is 1.02. The molecule has 0 spiro atoms. The molecular weight excluding hydrogens is 256 g/mol. The molecule has 2 aromatic rings. The molecule has 0 radical (unpaired) electrons. The van der Waals surface area contributed by atoms with E-state index in [9.17, 15) is 0 Å². The van der Waals surface area contributed by atoms with Crippen molar-refractivity contribution in [2.24, 2.45) is 0 Å². The Kier molecular flexibility index (Phi) is 2.81. The van der Waals surface area contributed by atoms with Crippen molar-refractivity contribution in [3.05, 3.63) is 30.4 Å². The van der Waals surface area contributed by atoms with Crippen LogP contribution < -0.4 is 14.8 Å². The Bertz CT molecular complexity index is 619. The molecule has 1 aromatic heterocycles. The summed E-state index contributed by atoms with van der Waals surface area (Å²) in [6, 6.07) is 5.93. The molecule has 1 N–H and O–H groups in total. The van der Waals surface area contributed by atoms with Gasteiger partial charge in [-0.3, -0.25) is 4.57 Å². The van der Waals surface area contributed by atoms with Gasteiger partial charge in [0, 0.05) is 12.0 Å². The first-order chi connectivity index (χ1) is 9.92. The number of hydrogen-bond donors (Lipinski definition) is 1. The van der Waals surface area contributed by atoms with Crippen LogP contribution in [0.15, 0.2) is 24.5 Å². The van der Waals surface area contributed by atoms with E-state index in [0.717, 1.165) is 48.9 Å². The van der Waals surface area contributed by atoms with Gasteiger partial charge in [-0.15, -0.1) is 10.2 Å². The van der Waals surface area contributed by atoms with E-state index in [2.05, 4.69) is 20.1 Å². The normalized spacial score (nSPS) is 18.4. The fraction of sp³-hybridized carbons (Fsp3) is 0.429. The minimum atomic E-state index is 0.294. The van der Waals surface area contributed by atoms with Crippen molar-refractivity contribution in [3.8, 4) is 17.2 Å². The first-order valence-corrected chi connectivity index (χ1v) is 6.92. The van der Waals surface area contributed by atoms with Crippen molar-refractivity contribution in [2.45, 2.75) is 18.8 Å². The van der Waals surface area contributed by atoms with Crippen molar-refractivity contribution < 1.29 is 9.47 Å². The number of fused-ring (bicyclic) bond motifs is 1. The van der Waals surface area contributed by atoms with Gasteiger partial charge in [0.1, 0.15) is 12.2 Å². The van der Waals surface area contributed by atoms with Crippen LogP contribution in [0.1, 0.15) is 24.6 Å². The molecule has 2 aliphatic rings. The van der Waals surface area contributed by atoms with E-state index in [4.69, 9.17) is 9.47 Å². The van der Waals surface area contributed by atoms with E-state index in [1.54, 1.807) is 6.33 Å². The first kappa shape index (κ1) is 11.7. The Labute approximate surface area is 116 Å². The Balaban J connectivity index is 1.70. The number of benzene rings is 1. The van der Waals surface area contributed by atoms with Gasteiger partial charge >= 0.3 is 0 Å². The van der Waals surface area contributed by atoms with Crippen LogP contribution in [0.2, 0.25) is 0 Å². The second-order valence-corrected chi connectivity index (χ2v) is 5.12. The molecule has 2 aliphatic heterocycles. The Morgan fingerprint density at radius 3 is 2.90 bits per heavy atom. The summed E-state index contributed by atoms with van der Waals surface area (Å²) in [5.74, 6) is 3.08. The van der Waals surface area contributed by atoms with Crippen LogP contribution in [-0.4, -0.2) is 34.6 Å². The fourth-order valence-electron chi connectivity index (χ4n) is 2.84. The summed E-state index contributed by atoms with van der Waals surface area (Å²) in [6.45, 7) is 2.37. The highest BCUT2D eigenvalue weighted by Gasteiger charge is 2.22. The molecule has 3 heterocycles. The quantitative estimate of drug-likeness (QED) is 0.897. The Morgan fingerprint density at radius 1 is 1.15 bits per heavy atom. The molecule has 1 fully saturated rings. The van der Waals surface area contributed by atoms with Gasteiger partial charge in [0.25, 0.3) is 0 Å². The highest BCUT2D eigenvalue weighted by Crippen LogP contribution is 2.34. The van der Waals surface area contributed by atoms with Gasteiger partial charge < -0.3 is 14.8 Å². The van der Waals surface area contributed by atoms with Gasteiger partial charge in [0.05, 0.1) is 5.69 Å². The minimum Gasteiger partial charge on any atom is -0.454 e. The lowest BCUT2D eigenvalue weighted by Crippen LogP contribution is -2.28. The number of ether oxygens (including phenoxy) is 2. The fourth-order valence-corrected chi connectivity index (χ4v) is 2.84. The lowest BCUT2D eigenvalue weighted by atomic mass is 9.97. The van der Waals surface area contributed by atoms with E-state index in [1.165, 1.54) is 0 Å². The lowest BCUT2D eigenvalue weighted by Gasteiger charge is -2.22. The average molecular weight is 272 g/mol. The molecule has 0 bridgehead atoms. The van der Waals surface area contributed by atoms with Gasteiger partial charge in [0.2, 0.25) is 6.79 Å². The predicted octanol–water partition coefficient (Wildman–Crippen LogP) is 1.46. The minimum absolute atomic E-state index is 0.294. The van der Waals surface area contributed by atoms with Gasteiger partial charge in [-0.05, 0) is 38.1 Å². The molecule has 0 unspecified atom stereocenters. The smallest absolute Gasteiger partial charge is 0.231 e. The second kappa shape index (κ2) is 4.79. The molecule has 1 aromatic carbocycles. The van der Waals surface area contributed by atoms with Crippen molar-refractivity contribution in [3.63, 3.8) is 0 Å². The molecule has 104 valence electrons. The lowest BCUT2D eigenvalue weighted by molar-refractivity contribution is 0.174. The molecule has 6 heteroatoms. The van der Waals surface area contributed by atoms with Crippen LogP contribution in [0.5, 0.6) is 11.5 Å². The number of nitrogens with one attached hydrogen (secondary N) is 1. The molecule has 6 nitrogen and oxygen atoms in total. The van der Waals surface area contributed by atoms with Gasteiger partial charge in [0.15, 0.2) is 11.5 Å². The molecule has 4 rings (SSSR count). The summed E-state index contributed by atoms with van der Waals surface area (Å²) in [6.07, 6.45) is 3.97. The SMILES string of the molecule is c1cc2c(cc1-n1cnnc1C1CCNCC1)OCO2. The maximum atomic E-state index is 5.44. The number of piperidine rings is 1. The summed E-state index contributed by atoms with van der Waals surface area (Å²) in [5, 5.41) is 11.8. The van der Waals surface area contributed by atoms with E-state index < -0.39 is 0 Å². The van der Waals surface area contributed by atoms with Gasteiger partial charge in [-0.1, -0.05) is 0 Å². The standard InChI is InChI=1S/C14H16N4O2/c1-2-12-13(20-9-19-12)7-11(1)18-8-16-17-14(18)10-3-5-15-6-4-10/h1-2,7-8,10,15H,3-6,9H2. The van der Waals surface area contributed by atoms with E-state index in [1.807, 2.05) is 18.2 Å². The Hall–Kier alpha value is -2.08. The highest BCUT2D eigenvalue weighted by atomic mass is 16.7. The average Bonchev–Trinajstić information content (AvgIpc) is 3.16. The molecule has 0 saturated carbocycles. The topological polar surface area (TPSA) is 61.2 Å². The third-order valence-corrected chi connectivity index (χ3v) is 3.91. The number of hydrogen-bond acceptors (Lipinski definition) is 5. The van der Waals surface area contributed by atoms with Crippen LogP contribution in [-0.2, 0) is 0 Å². The van der Waals surface area contributed by atoms with Gasteiger partial charge in [-0.25, -0.2) is 0 Å². The largest absolute Gasteiger partial charge is 0.454 e. The number of nitrogens with zero attached hydrogens (tertiary/aromatic N) is 3. The monoisotopic (exact) mass is 272 g/mol. The predicted molar refractivity (Wildman–Crippen MR) is 72.3 cm³/mol. The zero-order valence-corrected chi connectivity index (χ0v) is 11.1. The highest BCUT2D eigenvalue weighted by molar-refractivity contribution is 5.50. The first-order valence-electron chi connectivity index (χ1n) is 6.92. The van der Waals surface area contributed by atoms with Crippen LogP contribution >= 0.6 is 0 Å². The van der Waals surface area contributed by atoms with Gasteiger partial charge in [-0.2, -0.15) is 0 Å². The molecular formula is C14H16N4O2. The van der Waals surface area contributed by atoms with E-state index in [-0.39, 0.29) is 0 Å². The van der Waals surface area contributed by atoms with Crippen molar-refractivity contribution in [1.29, 1.82) is 0 Å². The second-order valence-electron chi connectivity index (χ2n) is 5.12. The summed E-state index contributed by atoms with van der Waals surface area (Å²) < 4.78 is 12.8. The van der Waals surface area contributed by atoms with Crippen LogP contribution in [0, 0.1) is 0 Å². The third kappa shape index (κ3) is 1.92. The van der Waals surface area contributed by atoms with Crippen LogP contribution in [0.3, 0.4) is 0 Å². The summed E-state index contributed by atoms with van der Waals surface area (Å²) in [4.78, 5) is 0. The number of aromatic nitrogens is 3. The maximum absolute atomic E-state index is 5.44. The third-order valence-electron chi connectivity index (χ3n) is 3.91. The van der Waals surface area contributed by atoms with Crippen molar-refractivity contribution in [1.82, 2.24) is 20.1 Å². The molecule has 0 amide bonds. The zero-order chi connectivity index (χ0) is 13.4. The van der Waals surface area contributed by atoms with Crippen LogP contribution in [0.25, 0.3) is 5.69 Å². The summed E-state index contributed by atoms with van der Waals surface area (Å²) in [7, 11) is 0. The van der Waals surface area contributed by atoms with Crippen molar-refractivity contribution >= 4 is 0 Å². The number of rotatable bonds is 2. The zero-order valence-electron chi connectivity index (χ0n) is 11.1. The van der Waals surface area contributed by atoms with Crippen LogP contribution in [0.4, 0.5) is 0 Å². The Morgan fingerprint density at radius 2 is 2.00 bits per heavy atom. The van der Waals surface area contributed by atoms with E-state index in [0.29, 0.717) is 12.7 Å². The molecule has 0 atom stereocenters. The van der Waals surface area contributed by atoms with Crippen molar-refractivity contribution in [2.75, 3.05) is 19.9 Å². The molecule has 1 saturated heterocycles. The molecule has 0 aliphatic carbocycles. The van der Waals surface area contributed by atoms with E-state index >= 15 is 0 Å².